The Morgan fingerprint density at radius 2 is 1.79 bits per heavy atom. The van der Waals surface area contributed by atoms with Gasteiger partial charge in [-0.1, -0.05) is 0 Å². The molecule has 29 heavy (non-hydrogen) atoms. The number of aryl methyl sites for hydroxylation is 1. The van der Waals surface area contributed by atoms with Gasteiger partial charge >= 0.3 is 0 Å². The molecule has 0 radical (unpaired) electrons. The summed E-state index contributed by atoms with van der Waals surface area (Å²) in [4.78, 5) is 16.0. The van der Waals surface area contributed by atoms with Crippen LogP contribution < -0.4 is 15.0 Å². The number of phenols is 1. The fraction of sp³-hybridized carbons (Fsp3) is 0.409. The zero-order valence-electron chi connectivity index (χ0n) is 16.4. The van der Waals surface area contributed by atoms with Crippen LogP contribution in [-0.4, -0.2) is 66.5 Å². The summed E-state index contributed by atoms with van der Waals surface area (Å²) in [6.07, 6.45) is 0.646. The van der Waals surface area contributed by atoms with Crippen LogP contribution in [0, 0.1) is 0 Å². The summed E-state index contributed by atoms with van der Waals surface area (Å²) < 4.78 is 5.78. The fourth-order valence-electron chi connectivity index (χ4n) is 3.84. The molecule has 7 heteroatoms. The third kappa shape index (κ3) is 4.99. The second kappa shape index (κ2) is 8.71. The number of carbonyl (C=O) groups is 1. The number of aliphatic hydroxyl groups is 1. The number of hydrogen-bond donors (Lipinski definition) is 3. The van der Waals surface area contributed by atoms with E-state index >= 15 is 0 Å². The number of amides is 1. The molecule has 2 aromatic rings. The monoisotopic (exact) mass is 397 g/mol. The molecule has 154 valence electrons. The molecule has 7 nitrogen and oxygen atoms in total. The van der Waals surface area contributed by atoms with E-state index in [1.807, 2.05) is 30.3 Å². The van der Waals surface area contributed by atoms with Crippen LogP contribution in [0.4, 0.5) is 11.4 Å². The zero-order valence-corrected chi connectivity index (χ0v) is 16.4. The van der Waals surface area contributed by atoms with Crippen LogP contribution in [0.1, 0.15) is 12.0 Å². The normalized spacial score (nSPS) is 18.1. The van der Waals surface area contributed by atoms with Gasteiger partial charge in [-0.15, -0.1) is 0 Å². The molecule has 0 saturated carbocycles. The van der Waals surface area contributed by atoms with E-state index in [0.29, 0.717) is 19.4 Å². The number of nitrogens with one attached hydrogen (secondary N) is 1. The number of β-amino-alcohol motifs (C(OH)–C–C–N with tert-alkyl or cyclic N) is 1. The van der Waals surface area contributed by atoms with Gasteiger partial charge in [-0.05, 0) is 54.4 Å². The number of benzene rings is 2. The van der Waals surface area contributed by atoms with Crippen molar-refractivity contribution < 1.29 is 19.7 Å². The van der Waals surface area contributed by atoms with Crippen LogP contribution in [-0.2, 0) is 11.2 Å². The highest BCUT2D eigenvalue weighted by atomic mass is 16.5. The molecule has 0 aliphatic carbocycles. The van der Waals surface area contributed by atoms with Gasteiger partial charge in [0.25, 0.3) is 0 Å². The molecule has 0 aromatic heterocycles. The van der Waals surface area contributed by atoms with Gasteiger partial charge in [-0.25, -0.2) is 0 Å². The van der Waals surface area contributed by atoms with Crippen molar-refractivity contribution in [2.75, 3.05) is 49.5 Å². The Kier molecular flexibility index (Phi) is 5.87. The van der Waals surface area contributed by atoms with E-state index < -0.39 is 6.10 Å². The molecule has 4 rings (SSSR count). The minimum absolute atomic E-state index is 0.0482. The Morgan fingerprint density at radius 3 is 2.55 bits per heavy atom. The van der Waals surface area contributed by atoms with E-state index in [0.717, 1.165) is 48.9 Å². The molecule has 1 saturated heterocycles. The topological polar surface area (TPSA) is 85.3 Å². The van der Waals surface area contributed by atoms with Gasteiger partial charge in [0.2, 0.25) is 5.91 Å². The van der Waals surface area contributed by atoms with Crippen molar-refractivity contribution in [1.82, 2.24) is 4.90 Å². The molecule has 1 amide bonds. The molecule has 1 unspecified atom stereocenters. The number of nitrogens with zero attached hydrogens (tertiary/aromatic N) is 2. The molecule has 0 bridgehead atoms. The SMILES string of the molecule is O=C1CCc2cc(OCC(O)CN3CCN(c4ccc(O)cc4)CC3)ccc2N1. The van der Waals surface area contributed by atoms with Crippen molar-refractivity contribution in [1.29, 1.82) is 0 Å². The maximum absolute atomic E-state index is 11.4. The molecule has 2 heterocycles. The lowest BCUT2D eigenvalue weighted by molar-refractivity contribution is -0.116. The fourth-order valence-corrected chi connectivity index (χ4v) is 3.84. The van der Waals surface area contributed by atoms with Gasteiger partial charge in [0.1, 0.15) is 24.2 Å². The van der Waals surface area contributed by atoms with Crippen molar-refractivity contribution in [3.63, 3.8) is 0 Å². The number of piperazine rings is 1. The first-order valence-electron chi connectivity index (χ1n) is 10.1. The van der Waals surface area contributed by atoms with Crippen LogP contribution >= 0.6 is 0 Å². The van der Waals surface area contributed by atoms with Crippen molar-refractivity contribution in [3.8, 4) is 11.5 Å². The maximum atomic E-state index is 11.4. The lowest BCUT2D eigenvalue weighted by atomic mass is 10.0. The largest absolute Gasteiger partial charge is 0.508 e. The van der Waals surface area contributed by atoms with E-state index in [1.54, 1.807) is 12.1 Å². The van der Waals surface area contributed by atoms with Crippen molar-refractivity contribution in [2.45, 2.75) is 18.9 Å². The van der Waals surface area contributed by atoms with E-state index in [4.69, 9.17) is 4.74 Å². The Balaban J connectivity index is 1.22. The number of fused-ring (bicyclic) bond motifs is 1. The van der Waals surface area contributed by atoms with Gasteiger partial charge in [0.15, 0.2) is 0 Å². The van der Waals surface area contributed by atoms with Gasteiger partial charge in [-0.3, -0.25) is 9.69 Å². The summed E-state index contributed by atoms with van der Waals surface area (Å²) in [6.45, 7) is 4.32. The lowest BCUT2D eigenvalue weighted by Crippen LogP contribution is -2.49. The third-order valence-corrected chi connectivity index (χ3v) is 5.47. The highest BCUT2D eigenvalue weighted by Crippen LogP contribution is 2.27. The third-order valence-electron chi connectivity index (χ3n) is 5.47. The summed E-state index contributed by atoms with van der Waals surface area (Å²) in [7, 11) is 0. The Bertz CT molecular complexity index is 848. The number of ether oxygens (including phenoxy) is 1. The van der Waals surface area contributed by atoms with Gasteiger partial charge in [0.05, 0.1) is 0 Å². The molecule has 2 aliphatic heterocycles. The van der Waals surface area contributed by atoms with E-state index in [2.05, 4.69) is 15.1 Å². The number of hydrogen-bond acceptors (Lipinski definition) is 6. The van der Waals surface area contributed by atoms with Crippen molar-refractivity contribution in [2.24, 2.45) is 0 Å². The van der Waals surface area contributed by atoms with Crippen molar-refractivity contribution in [3.05, 3.63) is 48.0 Å². The Hall–Kier alpha value is -2.77. The molecule has 1 fully saturated rings. The number of aliphatic hydroxyl groups excluding tert-OH is 1. The second-order valence-corrected chi connectivity index (χ2v) is 7.64. The predicted octanol–water partition coefficient (Wildman–Crippen LogP) is 1.84. The minimum Gasteiger partial charge on any atom is -0.508 e. The number of carbonyl (C=O) groups excluding carboxylic acids is 1. The average molecular weight is 397 g/mol. The molecule has 2 aliphatic rings. The van der Waals surface area contributed by atoms with Crippen LogP contribution in [0.5, 0.6) is 11.5 Å². The minimum atomic E-state index is -0.564. The smallest absolute Gasteiger partial charge is 0.224 e. The number of phenolic OH excluding ortho intramolecular Hbond substituents is 1. The van der Waals surface area contributed by atoms with Gasteiger partial charge in [0, 0.05) is 50.5 Å². The number of anilines is 2. The molecule has 3 N–H and O–H groups in total. The summed E-state index contributed by atoms with van der Waals surface area (Å²) in [5.74, 6) is 1.04. The van der Waals surface area contributed by atoms with Crippen LogP contribution in [0.15, 0.2) is 42.5 Å². The molecule has 1 atom stereocenters. The molecule has 2 aromatic carbocycles. The average Bonchev–Trinajstić information content (AvgIpc) is 2.73. The standard InChI is InChI=1S/C22H27N3O4/c26-18-4-2-17(3-5-18)25-11-9-24(10-12-25)14-19(27)15-29-20-6-7-21-16(13-20)1-8-22(28)23-21/h2-7,13,19,26-27H,1,8-12,14-15H2,(H,23,28). The van der Waals surface area contributed by atoms with Gasteiger partial charge < -0.3 is 25.2 Å². The first kappa shape index (κ1) is 19.5. The summed E-state index contributed by atoms with van der Waals surface area (Å²) in [6, 6.07) is 12.9. The number of aromatic hydroxyl groups is 1. The summed E-state index contributed by atoms with van der Waals surface area (Å²) >= 11 is 0. The first-order chi connectivity index (χ1) is 14.1. The maximum Gasteiger partial charge on any atom is 0.224 e. The van der Waals surface area contributed by atoms with Crippen LogP contribution in [0.2, 0.25) is 0 Å². The summed E-state index contributed by atoms with van der Waals surface area (Å²) in [5.41, 5.74) is 3.03. The van der Waals surface area contributed by atoms with Crippen LogP contribution in [0.3, 0.4) is 0 Å². The quantitative estimate of drug-likeness (QED) is 0.690. The van der Waals surface area contributed by atoms with E-state index in [1.165, 1.54) is 0 Å². The second-order valence-electron chi connectivity index (χ2n) is 7.64. The predicted molar refractivity (Wildman–Crippen MR) is 112 cm³/mol. The molecule has 0 spiro atoms. The Labute approximate surface area is 170 Å². The van der Waals surface area contributed by atoms with E-state index in [-0.39, 0.29) is 18.3 Å². The molecular formula is C22H27N3O4. The highest BCUT2D eigenvalue weighted by Gasteiger charge is 2.20. The summed E-state index contributed by atoms with van der Waals surface area (Å²) in [5, 5.41) is 22.7. The highest BCUT2D eigenvalue weighted by molar-refractivity contribution is 5.93. The number of rotatable bonds is 6. The molecular weight excluding hydrogens is 370 g/mol. The first-order valence-corrected chi connectivity index (χ1v) is 10.1. The van der Waals surface area contributed by atoms with Gasteiger partial charge in [-0.2, -0.15) is 0 Å². The Morgan fingerprint density at radius 1 is 1.03 bits per heavy atom. The van der Waals surface area contributed by atoms with E-state index in [9.17, 15) is 15.0 Å². The zero-order chi connectivity index (χ0) is 20.2. The lowest BCUT2D eigenvalue weighted by Gasteiger charge is -2.36. The van der Waals surface area contributed by atoms with Crippen molar-refractivity contribution >= 4 is 17.3 Å². The van der Waals surface area contributed by atoms with Crippen LogP contribution in [0.25, 0.3) is 0 Å².